The predicted molar refractivity (Wildman–Crippen MR) is 73.1 cm³/mol. The van der Waals surface area contributed by atoms with Gasteiger partial charge in [0.25, 0.3) is 0 Å². The molecule has 1 aromatic carbocycles. The number of benzene rings is 1. The molecule has 5 nitrogen and oxygen atoms in total. The lowest BCUT2D eigenvalue weighted by molar-refractivity contribution is 0.0595. The van der Waals surface area contributed by atoms with Gasteiger partial charge in [0.05, 0.1) is 24.1 Å². The van der Waals surface area contributed by atoms with E-state index in [2.05, 4.69) is 20.3 Å². The van der Waals surface area contributed by atoms with Crippen LogP contribution in [-0.2, 0) is 11.3 Å². The molecule has 2 N–H and O–H groups in total. The van der Waals surface area contributed by atoms with E-state index in [9.17, 15) is 13.6 Å². The lowest BCUT2D eigenvalue weighted by Gasteiger charge is -2.10. The van der Waals surface area contributed by atoms with E-state index < -0.39 is 17.6 Å². The molecule has 0 aliphatic carbocycles. The zero-order chi connectivity index (χ0) is 15.6. The minimum absolute atomic E-state index is 0.0248. The zero-order valence-corrected chi connectivity index (χ0v) is 11.9. The molecule has 1 heterocycles. The van der Waals surface area contributed by atoms with Crippen LogP contribution in [0.1, 0.15) is 27.3 Å². The molecule has 0 atom stereocenters. The molecule has 0 radical (unpaired) electrons. The molecule has 1 aromatic heterocycles. The minimum Gasteiger partial charge on any atom is -0.465 e. The number of carbonyl (C=O) groups is 1. The summed E-state index contributed by atoms with van der Waals surface area (Å²) in [5.41, 5.74) is 2.24. The normalized spacial score (nSPS) is 10.5. The molecule has 0 fully saturated rings. The third-order valence-corrected chi connectivity index (χ3v) is 3.20. The second-order valence-electron chi connectivity index (χ2n) is 4.57. The van der Waals surface area contributed by atoms with E-state index in [0.29, 0.717) is 12.6 Å². The molecule has 0 bridgehead atoms. The number of ether oxygens (including phenoxy) is 1. The monoisotopic (exact) mass is 295 g/mol. The Labute approximate surface area is 120 Å². The number of nitrogens with zero attached hydrogens (tertiary/aromatic N) is 1. The van der Waals surface area contributed by atoms with Crippen molar-refractivity contribution in [3.63, 3.8) is 0 Å². The Morgan fingerprint density at radius 2 is 2.05 bits per heavy atom. The molecular formula is C14H15F2N3O2. The summed E-state index contributed by atoms with van der Waals surface area (Å²) in [6, 6.07) is 1.75. The summed E-state index contributed by atoms with van der Waals surface area (Å²) in [6.45, 7) is 3.97. The number of anilines is 1. The van der Waals surface area contributed by atoms with Crippen molar-refractivity contribution in [2.24, 2.45) is 0 Å². The predicted octanol–water partition coefficient (Wildman–Crippen LogP) is 2.70. The van der Waals surface area contributed by atoms with Crippen LogP contribution < -0.4 is 5.32 Å². The van der Waals surface area contributed by atoms with Gasteiger partial charge in [-0.2, -0.15) is 5.10 Å². The number of aryl methyl sites for hydroxylation is 2. The van der Waals surface area contributed by atoms with Crippen LogP contribution in [0.25, 0.3) is 0 Å². The third kappa shape index (κ3) is 3.01. The largest absolute Gasteiger partial charge is 0.465 e. The first-order valence-electron chi connectivity index (χ1n) is 6.25. The number of hydrogen-bond donors (Lipinski definition) is 2. The minimum atomic E-state index is -0.958. The first kappa shape index (κ1) is 15.0. The molecule has 0 amide bonds. The summed E-state index contributed by atoms with van der Waals surface area (Å²) in [6.07, 6.45) is 0. The lowest BCUT2D eigenvalue weighted by atomic mass is 10.1. The van der Waals surface area contributed by atoms with Crippen molar-refractivity contribution in [2.75, 3.05) is 12.4 Å². The molecule has 0 unspecified atom stereocenters. The smallest absolute Gasteiger partial charge is 0.340 e. The maximum absolute atomic E-state index is 13.7. The Kier molecular flexibility index (Phi) is 4.21. The van der Waals surface area contributed by atoms with Gasteiger partial charge in [0.15, 0.2) is 0 Å². The van der Waals surface area contributed by atoms with E-state index >= 15 is 0 Å². The number of H-pyrrole nitrogens is 1. The van der Waals surface area contributed by atoms with E-state index in [0.717, 1.165) is 30.1 Å². The second-order valence-corrected chi connectivity index (χ2v) is 4.57. The highest BCUT2D eigenvalue weighted by molar-refractivity contribution is 5.90. The van der Waals surface area contributed by atoms with Gasteiger partial charge in [-0.25, -0.2) is 13.6 Å². The SMILES string of the molecule is COC(=O)c1cc(NCc2c(C)n[nH]c2C)c(F)cc1F. The Morgan fingerprint density at radius 1 is 1.33 bits per heavy atom. The summed E-state index contributed by atoms with van der Waals surface area (Å²) in [7, 11) is 1.14. The molecule has 21 heavy (non-hydrogen) atoms. The van der Waals surface area contributed by atoms with Crippen LogP contribution in [0.4, 0.5) is 14.5 Å². The highest BCUT2D eigenvalue weighted by Gasteiger charge is 2.17. The fraction of sp³-hybridized carbons (Fsp3) is 0.286. The van der Waals surface area contributed by atoms with E-state index in [1.165, 1.54) is 0 Å². The Morgan fingerprint density at radius 3 is 2.62 bits per heavy atom. The number of aromatic amines is 1. The van der Waals surface area contributed by atoms with Crippen LogP contribution in [0.3, 0.4) is 0 Å². The summed E-state index contributed by atoms with van der Waals surface area (Å²) >= 11 is 0. The number of rotatable bonds is 4. The standard InChI is InChI=1S/C14H15F2N3O2/c1-7-10(8(2)19-18-7)6-17-13-4-9(14(20)21-3)11(15)5-12(13)16/h4-5,17H,6H2,1-3H3,(H,18,19). The van der Waals surface area contributed by atoms with Crippen molar-refractivity contribution in [3.8, 4) is 0 Å². The van der Waals surface area contributed by atoms with Gasteiger partial charge in [-0.05, 0) is 19.9 Å². The average Bonchev–Trinajstić information content (AvgIpc) is 2.76. The van der Waals surface area contributed by atoms with Crippen molar-refractivity contribution in [1.82, 2.24) is 10.2 Å². The van der Waals surface area contributed by atoms with Gasteiger partial charge in [0, 0.05) is 23.9 Å². The van der Waals surface area contributed by atoms with Crippen molar-refractivity contribution < 1.29 is 18.3 Å². The highest BCUT2D eigenvalue weighted by atomic mass is 19.1. The van der Waals surface area contributed by atoms with Crippen LogP contribution in [0.2, 0.25) is 0 Å². The second kappa shape index (κ2) is 5.90. The van der Waals surface area contributed by atoms with Crippen molar-refractivity contribution in [2.45, 2.75) is 20.4 Å². The van der Waals surface area contributed by atoms with Gasteiger partial charge in [0.1, 0.15) is 11.6 Å². The molecule has 7 heteroatoms. The fourth-order valence-corrected chi connectivity index (χ4v) is 1.97. The number of carbonyl (C=O) groups excluding carboxylic acids is 1. The van der Waals surface area contributed by atoms with Gasteiger partial charge in [-0.15, -0.1) is 0 Å². The topological polar surface area (TPSA) is 67.0 Å². The van der Waals surface area contributed by atoms with Crippen molar-refractivity contribution >= 4 is 11.7 Å². The van der Waals surface area contributed by atoms with Crippen LogP contribution in [-0.4, -0.2) is 23.3 Å². The Hall–Kier alpha value is -2.44. The van der Waals surface area contributed by atoms with Gasteiger partial charge in [0.2, 0.25) is 0 Å². The summed E-state index contributed by atoms with van der Waals surface area (Å²) in [5, 5.41) is 9.68. The summed E-state index contributed by atoms with van der Waals surface area (Å²) < 4.78 is 31.7. The molecular weight excluding hydrogens is 280 g/mol. The number of nitrogens with one attached hydrogen (secondary N) is 2. The molecule has 0 saturated heterocycles. The molecule has 0 spiro atoms. The molecule has 0 saturated carbocycles. The fourth-order valence-electron chi connectivity index (χ4n) is 1.97. The van der Waals surface area contributed by atoms with E-state index in [-0.39, 0.29) is 11.3 Å². The van der Waals surface area contributed by atoms with Crippen LogP contribution in [0, 0.1) is 25.5 Å². The van der Waals surface area contributed by atoms with Crippen LogP contribution in [0.15, 0.2) is 12.1 Å². The van der Waals surface area contributed by atoms with Gasteiger partial charge < -0.3 is 10.1 Å². The summed E-state index contributed by atoms with van der Waals surface area (Å²) in [4.78, 5) is 11.4. The van der Waals surface area contributed by atoms with Gasteiger partial charge in [-0.3, -0.25) is 5.10 Å². The first-order valence-corrected chi connectivity index (χ1v) is 6.25. The molecule has 2 aromatic rings. The van der Waals surface area contributed by atoms with E-state index in [4.69, 9.17) is 0 Å². The maximum Gasteiger partial charge on any atom is 0.340 e. The van der Waals surface area contributed by atoms with Crippen molar-refractivity contribution in [1.29, 1.82) is 0 Å². The summed E-state index contributed by atoms with van der Waals surface area (Å²) in [5.74, 6) is -2.59. The Balaban J connectivity index is 2.26. The number of halogens is 2. The lowest BCUT2D eigenvalue weighted by Crippen LogP contribution is -2.09. The number of methoxy groups -OCH3 is 1. The van der Waals surface area contributed by atoms with E-state index in [1.54, 1.807) is 0 Å². The number of esters is 1. The highest BCUT2D eigenvalue weighted by Crippen LogP contribution is 2.21. The molecule has 0 aliphatic rings. The van der Waals surface area contributed by atoms with Gasteiger partial charge in [-0.1, -0.05) is 0 Å². The quantitative estimate of drug-likeness (QED) is 0.851. The average molecular weight is 295 g/mol. The van der Waals surface area contributed by atoms with E-state index in [1.807, 2.05) is 13.8 Å². The number of hydrogen-bond acceptors (Lipinski definition) is 4. The van der Waals surface area contributed by atoms with Crippen LogP contribution >= 0.6 is 0 Å². The number of aromatic nitrogens is 2. The Bertz CT molecular complexity index is 664. The third-order valence-electron chi connectivity index (χ3n) is 3.20. The molecule has 112 valence electrons. The van der Waals surface area contributed by atoms with Crippen LogP contribution in [0.5, 0.6) is 0 Å². The van der Waals surface area contributed by atoms with Crippen molar-refractivity contribution in [3.05, 3.63) is 46.3 Å². The van der Waals surface area contributed by atoms with Gasteiger partial charge >= 0.3 is 5.97 Å². The maximum atomic E-state index is 13.7. The zero-order valence-electron chi connectivity index (χ0n) is 11.9. The molecule has 0 aliphatic heterocycles. The molecule has 2 rings (SSSR count). The first-order chi connectivity index (χ1) is 9.93.